The summed E-state index contributed by atoms with van der Waals surface area (Å²) >= 11 is 0. The van der Waals surface area contributed by atoms with Gasteiger partial charge >= 0.3 is 12.1 Å². The molecule has 0 spiro atoms. The summed E-state index contributed by atoms with van der Waals surface area (Å²) in [5.74, 6) is -1.58. The molecule has 0 saturated carbocycles. The molecule has 0 atom stereocenters. The minimum atomic E-state index is -1.21. The van der Waals surface area contributed by atoms with Crippen molar-refractivity contribution in [2.24, 2.45) is 0 Å². The van der Waals surface area contributed by atoms with Crippen molar-refractivity contribution < 1.29 is 29.0 Å². The van der Waals surface area contributed by atoms with Gasteiger partial charge in [0.05, 0.1) is 6.61 Å². The topological polar surface area (TPSA) is 114 Å². The highest BCUT2D eigenvalue weighted by Crippen LogP contribution is 2.44. The van der Waals surface area contributed by atoms with Gasteiger partial charge in [0.2, 0.25) is 5.91 Å². The van der Waals surface area contributed by atoms with E-state index in [1.807, 2.05) is 36.4 Å². The molecule has 0 fully saturated rings. The van der Waals surface area contributed by atoms with Gasteiger partial charge in [-0.15, -0.1) is 0 Å². The average Bonchev–Trinajstić information content (AvgIpc) is 3.05. The molecule has 1 aliphatic rings. The minimum absolute atomic E-state index is 0.0546. The Balaban J connectivity index is 1.53. The summed E-state index contributed by atoms with van der Waals surface area (Å²) in [4.78, 5) is 35.1. The molecule has 8 nitrogen and oxygen atoms in total. The second kappa shape index (κ2) is 9.61. The van der Waals surface area contributed by atoms with E-state index in [0.717, 1.165) is 22.3 Å². The molecule has 8 heteroatoms. The summed E-state index contributed by atoms with van der Waals surface area (Å²) in [5, 5.41) is 13.7. The van der Waals surface area contributed by atoms with Gasteiger partial charge in [-0.3, -0.25) is 4.79 Å². The lowest BCUT2D eigenvalue weighted by atomic mass is 9.98. The number of aliphatic carboxylic acids is 1. The molecule has 0 radical (unpaired) electrons. The Morgan fingerprint density at radius 1 is 1.00 bits per heavy atom. The van der Waals surface area contributed by atoms with Gasteiger partial charge in [-0.25, -0.2) is 9.59 Å². The van der Waals surface area contributed by atoms with Crippen molar-refractivity contribution in [1.82, 2.24) is 10.6 Å². The van der Waals surface area contributed by atoms with E-state index in [2.05, 4.69) is 22.8 Å². The molecule has 0 unspecified atom stereocenters. The van der Waals surface area contributed by atoms with Crippen LogP contribution in [-0.4, -0.2) is 55.0 Å². The standard InChI is InChI=1S/C23H26N2O6/c1-23(2,21(28)24-11-12-30-14-20(26)27)25-22(29)31-13-19-17-9-5-3-7-15(17)16-8-4-6-10-18(16)19/h3-10,19H,11-14H2,1-2H3,(H,24,28)(H,25,29)(H,26,27). The van der Waals surface area contributed by atoms with Crippen LogP contribution in [0, 0.1) is 0 Å². The van der Waals surface area contributed by atoms with Crippen molar-refractivity contribution in [2.75, 3.05) is 26.4 Å². The van der Waals surface area contributed by atoms with E-state index in [1.54, 1.807) is 13.8 Å². The van der Waals surface area contributed by atoms with E-state index in [4.69, 9.17) is 14.6 Å². The van der Waals surface area contributed by atoms with Crippen LogP contribution in [0.15, 0.2) is 48.5 Å². The normalized spacial score (nSPS) is 12.6. The zero-order valence-corrected chi connectivity index (χ0v) is 17.5. The maximum atomic E-state index is 12.4. The van der Waals surface area contributed by atoms with Crippen molar-refractivity contribution in [3.05, 3.63) is 59.7 Å². The van der Waals surface area contributed by atoms with Crippen LogP contribution in [0.1, 0.15) is 30.9 Å². The van der Waals surface area contributed by atoms with Crippen molar-refractivity contribution in [3.63, 3.8) is 0 Å². The first-order valence-corrected chi connectivity index (χ1v) is 10.0. The van der Waals surface area contributed by atoms with Gasteiger partial charge in [0.25, 0.3) is 0 Å². The highest BCUT2D eigenvalue weighted by molar-refractivity contribution is 5.89. The number of benzene rings is 2. The van der Waals surface area contributed by atoms with Crippen molar-refractivity contribution in [1.29, 1.82) is 0 Å². The molecule has 0 aromatic heterocycles. The van der Waals surface area contributed by atoms with Gasteiger partial charge in [0, 0.05) is 12.5 Å². The molecule has 0 bridgehead atoms. The SMILES string of the molecule is CC(C)(NC(=O)OCC1c2ccccc2-c2ccccc21)C(=O)NCCOCC(=O)O. The van der Waals surface area contributed by atoms with Crippen molar-refractivity contribution >= 4 is 18.0 Å². The minimum Gasteiger partial charge on any atom is -0.480 e. The number of carbonyl (C=O) groups is 3. The fraction of sp³-hybridized carbons (Fsp3) is 0.348. The van der Waals surface area contributed by atoms with E-state index in [0.29, 0.717) is 0 Å². The summed E-state index contributed by atoms with van der Waals surface area (Å²) in [6.45, 7) is 3.02. The predicted octanol–water partition coefficient (Wildman–Crippen LogP) is 2.52. The van der Waals surface area contributed by atoms with E-state index in [9.17, 15) is 14.4 Å². The quantitative estimate of drug-likeness (QED) is 0.531. The lowest BCUT2D eigenvalue weighted by molar-refractivity contribution is -0.142. The summed E-state index contributed by atoms with van der Waals surface area (Å²) in [5.41, 5.74) is 3.27. The fourth-order valence-electron chi connectivity index (χ4n) is 3.56. The smallest absolute Gasteiger partial charge is 0.408 e. The van der Waals surface area contributed by atoms with E-state index < -0.39 is 30.1 Å². The molecule has 31 heavy (non-hydrogen) atoms. The maximum Gasteiger partial charge on any atom is 0.408 e. The van der Waals surface area contributed by atoms with Crippen LogP contribution >= 0.6 is 0 Å². The Bertz CT molecular complexity index is 927. The number of hydrogen-bond acceptors (Lipinski definition) is 5. The fourth-order valence-corrected chi connectivity index (χ4v) is 3.56. The summed E-state index contributed by atoms with van der Waals surface area (Å²) in [7, 11) is 0. The number of alkyl carbamates (subject to hydrolysis) is 1. The van der Waals surface area contributed by atoms with Crippen molar-refractivity contribution in [3.8, 4) is 11.1 Å². The number of carboxylic acid groups (broad SMARTS) is 1. The molecule has 0 aliphatic heterocycles. The largest absolute Gasteiger partial charge is 0.480 e. The van der Waals surface area contributed by atoms with Crippen LogP contribution in [0.3, 0.4) is 0 Å². The second-order valence-electron chi connectivity index (χ2n) is 7.78. The number of nitrogens with one attached hydrogen (secondary N) is 2. The molecule has 2 amide bonds. The molecule has 0 heterocycles. The van der Waals surface area contributed by atoms with E-state index in [1.165, 1.54) is 0 Å². The Morgan fingerprint density at radius 3 is 2.16 bits per heavy atom. The third-order valence-corrected chi connectivity index (χ3v) is 5.08. The van der Waals surface area contributed by atoms with Gasteiger partial charge in [0.15, 0.2) is 0 Å². The van der Waals surface area contributed by atoms with Crippen LogP contribution in [0.25, 0.3) is 11.1 Å². The Labute approximate surface area is 180 Å². The lowest BCUT2D eigenvalue weighted by Crippen LogP contribution is -2.55. The molecule has 2 aromatic rings. The van der Waals surface area contributed by atoms with Crippen LogP contribution in [0.4, 0.5) is 4.79 Å². The molecular weight excluding hydrogens is 400 g/mol. The highest BCUT2D eigenvalue weighted by atomic mass is 16.5. The second-order valence-corrected chi connectivity index (χ2v) is 7.78. The van der Waals surface area contributed by atoms with Gasteiger partial charge < -0.3 is 25.2 Å². The highest BCUT2D eigenvalue weighted by Gasteiger charge is 2.32. The summed E-state index contributed by atoms with van der Waals surface area (Å²) < 4.78 is 10.3. The van der Waals surface area contributed by atoms with E-state index in [-0.39, 0.29) is 25.7 Å². The Hall–Kier alpha value is -3.39. The number of ether oxygens (including phenoxy) is 2. The number of fused-ring (bicyclic) bond motifs is 3. The molecule has 1 aliphatic carbocycles. The molecular formula is C23H26N2O6. The zero-order valence-electron chi connectivity index (χ0n) is 17.5. The average molecular weight is 426 g/mol. The molecule has 2 aromatic carbocycles. The van der Waals surface area contributed by atoms with Gasteiger partial charge in [-0.2, -0.15) is 0 Å². The predicted molar refractivity (Wildman–Crippen MR) is 114 cm³/mol. The first-order valence-electron chi connectivity index (χ1n) is 10.0. The first-order chi connectivity index (χ1) is 14.8. The third kappa shape index (κ3) is 5.40. The third-order valence-electron chi connectivity index (χ3n) is 5.08. The summed E-state index contributed by atoms with van der Waals surface area (Å²) in [6.07, 6.45) is -0.691. The molecule has 3 N–H and O–H groups in total. The number of carboxylic acids is 1. The van der Waals surface area contributed by atoms with Crippen LogP contribution in [0.5, 0.6) is 0 Å². The molecule has 0 saturated heterocycles. The van der Waals surface area contributed by atoms with Gasteiger partial charge in [-0.05, 0) is 36.1 Å². The lowest BCUT2D eigenvalue weighted by Gasteiger charge is -2.25. The zero-order chi connectivity index (χ0) is 22.4. The van der Waals surface area contributed by atoms with Crippen molar-refractivity contribution in [2.45, 2.75) is 25.3 Å². The maximum absolute atomic E-state index is 12.4. The number of hydrogen-bond donors (Lipinski definition) is 3. The number of amides is 2. The van der Waals surface area contributed by atoms with Crippen LogP contribution in [-0.2, 0) is 19.1 Å². The number of rotatable bonds is 9. The monoisotopic (exact) mass is 426 g/mol. The van der Waals surface area contributed by atoms with Crippen LogP contribution < -0.4 is 10.6 Å². The van der Waals surface area contributed by atoms with Gasteiger partial charge in [-0.1, -0.05) is 48.5 Å². The molecule has 164 valence electrons. The van der Waals surface area contributed by atoms with Crippen LogP contribution in [0.2, 0.25) is 0 Å². The Morgan fingerprint density at radius 2 is 1.58 bits per heavy atom. The first kappa shape index (κ1) is 22.3. The Kier molecular flexibility index (Phi) is 6.91. The molecule has 3 rings (SSSR count). The number of carbonyl (C=O) groups excluding carboxylic acids is 2. The van der Waals surface area contributed by atoms with E-state index >= 15 is 0 Å². The summed E-state index contributed by atoms with van der Waals surface area (Å²) in [6, 6.07) is 16.1. The van der Waals surface area contributed by atoms with Gasteiger partial charge in [0.1, 0.15) is 18.8 Å².